The number of aryl methyl sites for hydroxylation is 2. The second kappa shape index (κ2) is 7.62. The molecule has 1 aliphatic rings. The van der Waals surface area contributed by atoms with Crippen molar-refractivity contribution >= 4 is 22.6 Å². The third-order valence-corrected chi connectivity index (χ3v) is 5.59. The van der Waals surface area contributed by atoms with Gasteiger partial charge in [-0.1, -0.05) is 6.07 Å². The van der Waals surface area contributed by atoms with Crippen LogP contribution in [-0.2, 0) is 0 Å². The maximum atomic E-state index is 13.0. The smallest absolute Gasteiger partial charge is 0.349 e. The second-order valence-electron chi connectivity index (χ2n) is 7.40. The van der Waals surface area contributed by atoms with Crippen LogP contribution in [0.1, 0.15) is 21.5 Å². The summed E-state index contributed by atoms with van der Waals surface area (Å²) in [6, 6.07) is 13.2. The molecule has 0 saturated carbocycles. The molecule has 6 heteroatoms. The Hall–Kier alpha value is -3.28. The van der Waals surface area contributed by atoms with E-state index in [1.54, 1.807) is 36.3 Å². The Bertz CT molecular complexity index is 1130. The molecule has 1 aromatic heterocycles. The number of hydrogen-bond donors (Lipinski definition) is 0. The molecular weight excluding hydrogens is 368 g/mol. The van der Waals surface area contributed by atoms with Crippen molar-refractivity contribution in [3.8, 4) is 5.75 Å². The van der Waals surface area contributed by atoms with Gasteiger partial charge in [-0.15, -0.1) is 0 Å². The molecule has 29 heavy (non-hydrogen) atoms. The van der Waals surface area contributed by atoms with Gasteiger partial charge in [-0.25, -0.2) is 4.79 Å². The first kappa shape index (κ1) is 19.1. The fourth-order valence-corrected chi connectivity index (χ4v) is 3.64. The van der Waals surface area contributed by atoms with Gasteiger partial charge < -0.3 is 19.0 Å². The average Bonchev–Trinajstić information content (AvgIpc) is 2.74. The molecule has 0 N–H and O–H groups in total. The molecule has 0 bridgehead atoms. The number of nitrogens with zero attached hydrogens (tertiary/aromatic N) is 2. The van der Waals surface area contributed by atoms with E-state index in [1.165, 1.54) is 11.1 Å². The Morgan fingerprint density at radius 2 is 1.72 bits per heavy atom. The van der Waals surface area contributed by atoms with Gasteiger partial charge in [0.05, 0.1) is 7.11 Å². The number of anilines is 1. The van der Waals surface area contributed by atoms with E-state index < -0.39 is 5.63 Å². The minimum absolute atomic E-state index is 0.0605. The van der Waals surface area contributed by atoms with E-state index in [0.29, 0.717) is 29.8 Å². The molecule has 0 atom stereocenters. The Balaban J connectivity index is 1.52. The summed E-state index contributed by atoms with van der Waals surface area (Å²) in [5.41, 5.74) is 3.58. The molecule has 1 fully saturated rings. The van der Waals surface area contributed by atoms with E-state index >= 15 is 0 Å². The number of benzene rings is 2. The van der Waals surface area contributed by atoms with Crippen molar-refractivity contribution in [1.82, 2.24) is 4.90 Å². The van der Waals surface area contributed by atoms with Crippen molar-refractivity contribution in [2.24, 2.45) is 0 Å². The van der Waals surface area contributed by atoms with Gasteiger partial charge in [0.2, 0.25) is 0 Å². The van der Waals surface area contributed by atoms with Crippen molar-refractivity contribution in [3.63, 3.8) is 0 Å². The van der Waals surface area contributed by atoms with Gasteiger partial charge in [0.1, 0.15) is 16.9 Å². The number of piperazine rings is 1. The van der Waals surface area contributed by atoms with Crippen LogP contribution in [0.25, 0.3) is 11.0 Å². The summed E-state index contributed by atoms with van der Waals surface area (Å²) in [6.45, 7) is 6.76. The predicted octanol–water partition coefficient (Wildman–Crippen LogP) is 3.38. The molecule has 1 saturated heterocycles. The molecule has 6 nitrogen and oxygen atoms in total. The largest absolute Gasteiger partial charge is 0.497 e. The molecule has 0 unspecified atom stereocenters. The first-order valence-corrected chi connectivity index (χ1v) is 9.69. The van der Waals surface area contributed by atoms with Crippen LogP contribution < -0.4 is 15.3 Å². The molecule has 150 valence electrons. The molecule has 2 aromatic carbocycles. The van der Waals surface area contributed by atoms with E-state index in [0.717, 1.165) is 18.8 Å². The van der Waals surface area contributed by atoms with Crippen molar-refractivity contribution in [2.45, 2.75) is 13.8 Å². The third-order valence-electron chi connectivity index (χ3n) is 5.59. The molecule has 0 aliphatic carbocycles. The summed E-state index contributed by atoms with van der Waals surface area (Å²) in [5.74, 6) is 0.356. The summed E-state index contributed by atoms with van der Waals surface area (Å²) in [6.07, 6.45) is 0. The third kappa shape index (κ3) is 3.70. The minimum atomic E-state index is -0.607. The summed E-state index contributed by atoms with van der Waals surface area (Å²) >= 11 is 0. The van der Waals surface area contributed by atoms with Gasteiger partial charge >= 0.3 is 5.63 Å². The predicted molar refractivity (Wildman–Crippen MR) is 113 cm³/mol. The van der Waals surface area contributed by atoms with Gasteiger partial charge in [0, 0.05) is 37.3 Å². The van der Waals surface area contributed by atoms with Crippen LogP contribution >= 0.6 is 0 Å². The van der Waals surface area contributed by atoms with E-state index in [-0.39, 0.29) is 11.5 Å². The van der Waals surface area contributed by atoms with Crippen LogP contribution in [0.2, 0.25) is 0 Å². The lowest BCUT2D eigenvalue weighted by atomic mass is 10.1. The Labute approximate surface area is 169 Å². The van der Waals surface area contributed by atoms with Crippen molar-refractivity contribution in [2.75, 3.05) is 38.2 Å². The number of methoxy groups -OCH3 is 1. The lowest BCUT2D eigenvalue weighted by Crippen LogP contribution is -2.49. The highest BCUT2D eigenvalue weighted by Crippen LogP contribution is 2.23. The van der Waals surface area contributed by atoms with E-state index in [2.05, 4.69) is 36.9 Å². The second-order valence-corrected chi connectivity index (χ2v) is 7.40. The lowest BCUT2D eigenvalue weighted by molar-refractivity contribution is 0.0742. The number of fused-ring (bicyclic) bond motifs is 1. The quantitative estimate of drug-likeness (QED) is 0.640. The first-order chi connectivity index (χ1) is 14.0. The average molecular weight is 392 g/mol. The summed E-state index contributed by atoms with van der Waals surface area (Å²) < 4.78 is 10.6. The van der Waals surface area contributed by atoms with Gasteiger partial charge in [0.25, 0.3) is 5.91 Å². The molecule has 3 aromatic rings. The zero-order valence-corrected chi connectivity index (χ0v) is 16.9. The van der Waals surface area contributed by atoms with Crippen molar-refractivity contribution in [3.05, 3.63) is 69.6 Å². The molecule has 0 spiro atoms. The van der Waals surface area contributed by atoms with Crippen molar-refractivity contribution < 1.29 is 13.9 Å². The number of hydrogen-bond acceptors (Lipinski definition) is 5. The number of carbonyl (C=O) groups excluding carboxylic acids is 1. The standard InChI is InChI=1S/C23H24N2O4/c1-15-4-5-18(12-16(15)2)24-8-10-25(11-9-24)22(26)20-14-17-13-19(28-3)6-7-21(17)29-23(20)27/h4-7,12-14H,8-11H2,1-3H3. The zero-order valence-electron chi connectivity index (χ0n) is 16.9. The van der Waals surface area contributed by atoms with Crippen LogP contribution in [0, 0.1) is 13.8 Å². The summed E-state index contributed by atoms with van der Waals surface area (Å²) in [4.78, 5) is 29.3. The molecular formula is C23H24N2O4. The van der Waals surface area contributed by atoms with E-state index in [4.69, 9.17) is 9.15 Å². The SMILES string of the molecule is COc1ccc2oc(=O)c(C(=O)N3CCN(c4ccc(C)c(C)c4)CC3)cc2c1. The van der Waals surface area contributed by atoms with Crippen molar-refractivity contribution in [1.29, 1.82) is 0 Å². The molecule has 4 rings (SSSR count). The van der Waals surface area contributed by atoms with E-state index in [1.807, 2.05) is 0 Å². The topological polar surface area (TPSA) is 63.0 Å². The number of carbonyl (C=O) groups is 1. The fourth-order valence-electron chi connectivity index (χ4n) is 3.64. The highest BCUT2D eigenvalue weighted by molar-refractivity contribution is 5.97. The molecule has 1 amide bonds. The van der Waals surface area contributed by atoms with Gasteiger partial charge in [-0.3, -0.25) is 4.79 Å². The van der Waals surface area contributed by atoms with Crippen LogP contribution in [0.15, 0.2) is 51.7 Å². The highest BCUT2D eigenvalue weighted by atomic mass is 16.5. The number of ether oxygens (including phenoxy) is 1. The summed E-state index contributed by atoms with van der Waals surface area (Å²) in [7, 11) is 1.57. The lowest BCUT2D eigenvalue weighted by Gasteiger charge is -2.36. The number of rotatable bonds is 3. The molecule has 2 heterocycles. The van der Waals surface area contributed by atoms with Crippen LogP contribution in [0.5, 0.6) is 5.75 Å². The highest BCUT2D eigenvalue weighted by Gasteiger charge is 2.25. The minimum Gasteiger partial charge on any atom is -0.497 e. The molecule has 0 radical (unpaired) electrons. The summed E-state index contributed by atoms with van der Waals surface area (Å²) in [5, 5.41) is 0.668. The van der Waals surface area contributed by atoms with Crippen LogP contribution in [0.3, 0.4) is 0 Å². The monoisotopic (exact) mass is 392 g/mol. The van der Waals surface area contributed by atoms with Gasteiger partial charge in [-0.2, -0.15) is 0 Å². The van der Waals surface area contributed by atoms with Gasteiger partial charge in [-0.05, 0) is 61.4 Å². The fraction of sp³-hybridized carbons (Fsp3) is 0.304. The zero-order chi connectivity index (χ0) is 20.5. The maximum Gasteiger partial charge on any atom is 0.349 e. The Kier molecular flexibility index (Phi) is 5.01. The molecule has 1 aliphatic heterocycles. The normalized spacial score (nSPS) is 14.3. The van der Waals surface area contributed by atoms with Crippen LogP contribution in [0.4, 0.5) is 5.69 Å². The first-order valence-electron chi connectivity index (χ1n) is 9.69. The maximum absolute atomic E-state index is 13.0. The number of amides is 1. The Morgan fingerprint density at radius 1 is 0.966 bits per heavy atom. The Morgan fingerprint density at radius 3 is 2.41 bits per heavy atom. The van der Waals surface area contributed by atoms with Gasteiger partial charge in [0.15, 0.2) is 0 Å². The van der Waals surface area contributed by atoms with Crippen LogP contribution in [-0.4, -0.2) is 44.1 Å². The van der Waals surface area contributed by atoms with E-state index in [9.17, 15) is 9.59 Å².